The third-order valence-electron chi connectivity index (χ3n) is 4.92. The van der Waals surface area contributed by atoms with Crippen LogP contribution in [0.3, 0.4) is 0 Å². The Morgan fingerprint density at radius 1 is 1.15 bits per heavy atom. The van der Waals surface area contributed by atoms with Gasteiger partial charge in [0.15, 0.2) is 5.82 Å². The predicted octanol–water partition coefficient (Wildman–Crippen LogP) is 3.77. The maximum Gasteiger partial charge on any atom is 0.258 e. The molecule has 0 spiro atoms. The molecule has 4 rings (SSSR count). The maximum absolute atomic E-state index is 12.8. The highest BCUT2D eigenvalue weighted by molar-refractivity contribution is 6.06. The van der Waals surface area contributed by atoms with Crippen LogP contribution in [-0.2, 0) is 5.54 Å². The predicted molar refractivity (Wildman–Crippen MR) is 106 cm³/mol. The SMILES string of the molecule is CN(C(=O)c1cccc(-c2nc(C3(N)CCC3)no2)c1)c1ccccc1.Cl. The standard InChI is InChI=1S/C20H20N4O2.ClH/c1-24(16-9-3-2-4-10-16)18(25)15-8-5-7-14(13-15)17-22-19(23-26-17)20(21)11-6-12-20;/h2-5,7-10,13H,6,11-12,21H2,1H3;1H. The molecule has 0 radical (unpaired) electrons. The van der Waals surface area contributed by atoms with Gasteiger partial charge in [0, 0.05) is 23.9 Å². The van der Waals surface area contributed by atoms with Gasteiger partial charge in [0.1, 0.15) is 0 Å². The number of hydrogen-bond donors (Lipinski definition) is 1. The second kappa shape index (κ2) is 7.50. The number of hydrogen-bond acceptors (Lipinski definition) is 5. The molecule has 0 unspecified atom stereocenters. The number of anilines is 1. The summed E-state index contributed by atoms with van der Waals surface area (Å²) < 4.78 is 5.39. The fourth-order valence-electron chi connectivity index (χ4n) is 3.07. The van der Waals surface area contributed by atoms with Crippen LogP contribution < -0.4 is 10.6 Å². The molecule has 1 fully saturated rings. The van der Waals surface area contributed by atoms with Gasteiger partial charge < -0.3 is 15.2 Å². The molecule has 1 heterocycles. The zero-order chi connectivity index (χ0) is 18.1. The molecule has 0 bridgehead atoms. The number of halogens is 1. The van der Waals surface area contributed by atoms with Crippen LogP contribution >= 0.6 is 12.4 Å². The number of nitrogens with zero attached hydrogens (tertiary/aromatic N) is 3. The van der Waals surface area contributed by atoms with E-state index < -0.39 is 5.54 Å². The van der Waals surface area contributed by atoms with E-state index in [1.165, 1.54) is 0 Å². The maximum atomic E-state index is 12.8. The zero-order valence-corrected chi connectivity index (χ0v) is 15.8. The second-order valence-corrected chi connectivity index (χ2v) is 6.71. The van der Waals surface area contributed by atoms with E-state index in [1.807, 2.05) is 42.5 Å². The van der Waals surface area contributed by atoms with Crippen LogP contribution in [0.4, 0.5) is 5.69 Å². The third-order valence-corrected chi connectivity index (χ3v) is 4.92. The lowest BCUT2D eigenvalue weighted by Crippen LogP contribution is -2.44. The second-order valence-electron chi connectivity index (χ2n) is 6.71. The van der Waals surface area contributed by atoms with E-state index in [1.54, 1.807) is 24.1 Å². The minimum absolute atomic E-state index is 0. The lowest BCUT2D eigenvalue weighted by Gasteiger charge is -2.34. The zero-order valence-electron chi connectivity index (χ0n) is 15.0. The molecule has 0 aliphatic heterocycles. The molecule has 1 aliphatic rings. The summed E-state index contributed by atoms with van der Waals surface area (Å²) in [6, 6.07) is 16.7. The molecule has 2 N–H and O–H groups in total. The van der Waals surface area contributed by atoms with Gasteiger partial charge >= 0.3 is 0 Å². The van der Waals surface area contributed by atoms with E-state index in [9.17, 15) is 4.79 Å². The normalized spacial score (nSPS) is 14.7. The van der Waals surface area contributed by atoms with Gasteiger partial charge in [-0.2, -0.15) is 4.98 Å². The van der Waals surface area contributed by atoms with Crippen LogP contribution in [0.5, 0.6) is 0 Å². The first-order valence-electron chi connectivity index (χ1n) is 8.63. The Morgan fingerprint density at radius 3 is 2.56 bits per heavy atom. The van der Waals surface area contributed by atoms with Crippen molar-refractivity contribution < 1.29 is 9.32 Å². The Hall–Kier alpha value is -2.70. The average molecular weight is 385 g/mol. The first kappa shape index (κ1) is 19.1. The van der Waals surface area contributed by atoms with Crippen molar-refractivity contribution in [2.75, 3.05) is 11.9 Å². The number of aromatic nitrogens is 2. The molecule has 2 aromatic carbocycles. The lowest BCUT2D eigenvalue weighted by atomic mass is 9.77. The summed E-state index contributed by atoms with van der Waals surface area (Å²) in [7, 11) is 1.75. The van der Waals surface area contributed by atoms with Gasteiger partial charge in [-0.15, -0.1) is 12.4 Å². The van der Waals surface area contributed by atoms with E-state index in [0.717, 1.165) is 24.9 Å². The number of carbonyl (C=O) groups excluding carboxylic acids is 1. The van der Waals surface area contributed by atoms with Crippen molar-refractivity contribution in [1.29, 1.82) is 0 Å². The molecule has 1 amide bonds. The number of para-hydroxylation sites is 1. The monoisotopic (exact) mass is 384 g/mol. The summed E-state index contributed by atoms with van der Waals surface area (Å²) in [5.41, 5.74) is 7.88. The first-order chi connectivity index (χ1) is 12.6. The van der Waals surface area contributed by atoms with Crippen LogP contribution in [0.1, 0.15) is 35.4 Å². The van der Waals surface area contributed by atoms with Crippen LogP contribution in [0.15, 0.2) is 59.1 Å². The number of amides is 1. The fourth-order valence-corrected chi connectivity index (χ4v) is 3.07. The van der Waals surface area contributed by atoms with Gasteiger partial charge in [0.05, 0.1) is 5.54 Å². The highest BCUT2D eigenvalue weighted by atomic mass is 35.5. The number of benzene rings is 2. The van der Waals surface area contributed by atoms with Crippen molar-refractivity contribution in [3.63, 3.8) is 0 Å². The summed E-state index contributed by atoms with van der Waals surface area (Å²) in [5, 5.41) is 4.04. The van der Waals surface area contributed by atoms with Gasteiger partial charge in [0.25, 0.3) is 11.8 Å². The van der Waals surface area contributed by atoms with Crippen LogP contribution in [0, 0.1) is 0 Å². The van der Waals surface area contributed by atoms with Gasteiger partial charge in [0.2, 0.25) is 0 Å². The summed E-state index contributed by atoms with van der Waals surface area (Å²) in [4.78, 5) is 18.9. The molecule has 27 heavy (non-hydrogen) atoms. The van der Waals surface area contributed by atoms with Crippen LogP contribution in [-0.4, -0.2) is 23.1 Å². The largest absolute Gasteiger partial charge is 0.334 e. The molecule has 1 aliphatic carbocycles. The summed E-state index contributed by atoms with van der Waals surface area (Å²) in [6.45, 7) is 0. The van der Waals surface area contributed by atoms with Crippen molar-refractivity contribution in [2.45, 2.75) is 24.8 Å². The lowest BCUT2D eigenvalue weighted by molar-refractivity contribution is 0.0993. The fraction of sp³-hybridized carbons (Fsp3) is 0.250. The minimum Gasteiger partial charge on any atom is -0.334 e. The third kappa shape index (κ3) is 3.59. The molecular weight excluding hydrogens is 364 g/mol. The van der Waals surface area contributed by atoms with Gasteiger partial charge in [-0.3, -0.25) is 4.79 Å². The van der Waals surface area contributed by atoms with Crippen molar-refractivity contribution in [3.8, 4) is 11.5 Å². The molecule has 7 heteroatoms. The molecule has 3 aromatic rings. The molecule has 1 aromatic heterocycles. The Balaban J connectivity index is 0.00000210. The van der Waals surface area contributed by atoms with Crippen molar-refractivity contribution in [3.05, 3.63) is 66.0 Å². The van der Waals surface area contributed by atoms with Gasteiger partial charge in [-0.1, -0.05) is 29.4 Å². The van der Waals surface area contributed by atoms with E-state index >= 15 is 0 Å². The summed E-state index contributed by atoms with van der Waals surface area (Å²) in [6.07, 6.45) is 2.81. The summed E-state index contributed by atoms with van der Waals surface area (Å²) >= 11 is 0. The van der Waals surface area contributed by atoms with E-state index in [0.29, 0.717) is 22.8 Å². The number of rotatable bonds is 4. The van der Waals surface area contributed by atoms with Crippen LogP contribution in [0.2, 0.25) is 0 Å². The van der Waals surface area contributed by atoms with Crippen molar-refractivity contribution >= 4 is 24.0 Å². The Kier molecular flexibility index (Phi) is 5.30. The molecule has 0 atom stereocenters. The highest BCUT2D eigenvalue weighted by Crippen LogP contribution is 2.37. The first-order valence-corrected chi connectivity index (χ1v) is 8.63. The molecule has 0 saturated heterocycles. The van der Waals surface area contributed by atoms with Crippen LogP contribution in [0.25, 0.3) is 11.5 Å². The van der Waals surface area contributed by atoms with Gasteiger partial charge in [-0.25, -0.2) is 0 Å². The quantitative estimate of drug-likeness (QED) is 0.739. The van der Waals surface area contributed by atoms with E-state index in [-0.39, 0.29) is 18.3 Å². The van der Waals surface area contributed by atoms with Gasteiger partial charge in [-0.05, 0) is 49.6 Å². The average Bonchev–Trinajstić information content (AvgIpc) is 3.16. The van der Waals surface area contributed by atoms with Crippen molar-refractivity contribution in [2.24, 2.45) is 5.73 Å². The molecule has 140 valence electrons. The number of carbonyl (C=O) groups is 1. The van der Waals surface area contributed by atoms with Crippen molar-refractivity contribution in [1.82, 2.24) is 10.1 Å². The Labute approximate surface area is 163 Å². The number of nitrogens with two attached hydrogens (primary N) is 1. The Bertz CT molecular complexity index is 938. The molecular formula is C20H21ClN4O2. The molecule has 6 nitrogen and oxygen atoms in total. The topological polar surface area (TPSA) is 85.2 Å². The smallest absolute Gasteiger partial charge is 0.258 e. The minimum atomic E-state index is -0.470. The molecule has 1 saturated carbocycles. The summed E-state index contributed by atoms with van der Waals surface area (Å²) in [5.74, 6) is 0.817. The Morgan fingerprint density at radius 2 is 1.89 bits per heavy atom. The highest BCUT2D eigenvalue weighted by Gasteiger charge is 2.39. The van der Waals surface area contributed by atoms with E-state index in [4.69, 9.17) is 10.3 Å². The van der Waals surface area contributed by atoms with E-state index in [2.05, 4.69) is 10.1 Å².